The first-order valence-corrected chi connectivity index (χ1v) is 13.3. The number of rotatable bonds is 9. The molecule has 5 aromatic rings. The summed E-state index contributed by atoms with van der Waals surface area (Å²) in [7, 11) is 0. The minimum absolute atomic E-state index is 0.0318. The summed E-state index contributed by atoms with van der Waals surface area (Å²) in [5, 5.41) is 2.52. The van der Waals surface area contributed by atoms with Gasteiger partial charge >= 0.3 is 6.18 Å². The van der Waals surface area contributed by atoms with Gasteiger partial charge < -0.3 is 23.9 Å². The molecule has 5 rings (SSSR count). The number of ether oxygens (including phenoxy) is 3. The summed E-state index contributed by atoms with van der Waals surface area (Å²) in [4.78, 5) is 25.6. The van der Waals surface area contributed by atoms with Crippen LogP contribution in [0.5, 0.6) is 28.7 Å². The van der Waals surface area contributed by atoms with Gasteiger partial charge in [-0.2, -0.15) is 13.2 Å². The average molecular weight is 590 g/mol. The van der Waals surface area contributed by atoms with E-state index in [-0.39, 0.29) is 28.4 Å². The van der Waals surface area contributed by atoms with Gasteiger partial charge in [0.05, 0.1) is 5.39 Å². The molecule has 0 unspecified atom stereocenters. The molecule has 0 fully saturated rings. The molecule has 220 valence electrons. The summed E-state index contributed by atoms with van der Waals surface area (Å²) in [5.74, 6) is -1.71. The number of carbonyl (C=O) groups is 1. The molecule has 4 aromatic carbocycles. The van der Waals surface area contributed by atoms with E-state index in [2.05, 4.69) is 5.32 Å². The Balaban J connectivity index is 1.31. The second kappa shape index (κ2) is 12.3. The highest BCUT2D eigenvalue weighted by Crippen LogP contribution is 2.40. The maximum absolute atomic E-state index is 14.0. The largest absolute Gasteiger partial charge is 0.484 e. The highest BCUT2D eigenvalue weighted by atomic mass is 19.4. The molecular weight excluding hydrogens is 563 g/mol. The van der Waals surface area contributed by atoms with Gasteiger partial charge in [-0.1, -0.05) is 50.2 Å². The third kappa shape index (κ3) is 6.98. The van der Waals surface area contributed by atoms with Gasteiger partial charge in [-0.15, -0.1) is 0 Å². The van der Waals surface area contributed by atoms with Gasteiger partial charge in [-0.3, -0.25) is 9.59 Å². The van der Waals surface area contributed by atoms with Crippen LogP contribution in [-0.4, -0.2) is 12.5 Å². The second-order valence-corrected chi connectivity index (χ2v) is 9.82. The van der Waals surface area contributed by atoms with E-state index >= 15 is 0 Å². The van der Waals surface area contributed by atoms with E-state index in [9.17, 15) is 22.8 Å². The Bertz CT molecular complexity index is 1800. The number of fused-ring (bicyclic) bond motifs is 1. The van der Waals surface area contributed by atoms with Gasteiger partial charge in [0, 0.05) is 11.8 Å². The molecule has 10 heteroatoms. The van der Waals surface area contributed by atoms with Crippen molar-refractivity contribution < 1.29 is 36.6 Å². The standard InChI is InChI=1S/C33H26F3NO6/c1-20(2)25-10-6-7-11-27(25)42-31-30(39)26-17-16-24(18-28(26)43-32(31)33(34,35)36)40-19-29(38)37-21-12-14-23(15-13-21)41-22-8-4-3-5-9-22/h3-18,20H,19H2,1-2H3,(H,37,38). The summed E-state index contributed by atoms with van der Waals surface area (Å²) in [6, 6.07) is 26.2. The summed E-state index contributed by atoms with van der Waals surface area (Å²) in [6.07, 6.45) is -5.02. The molecule has 0 radical (unpaired) electrons. The van der Waals surface area contributed by atoms with Crippen LogP contribution in [0.2, 0.25) is 0 Å². The number of nitrogens with one attached hydrogen (secondary N) is 1. The molecule has 0 spiro atoms. The van der Waals surface area contributed by atoms with Crippen molar-refractivity contribution in [2.24, 2.45) is 0 Å². The van der Waals surface area contributed by atoms with Crippen LogP contribution in [0.15, 0.2) is 106 Å². The molecule has 0 saturated carbocycles. The van der Waals surface area contributed by atoms with E-state index in [1.165, 1.54) is 18.2 Å². The van der Waals surface area contributed by atoms with Crippen molar-refractivity contribution in [1.82, 2.24) is 0 Å². The zero-order valence-electron chi connectivity index (χ0n) is 23.1. The van der Waals surface area contributed by atoms with Gasteiger partial charge in [-0.05, 0) is 66.1 Å². The van der Waals surface area contributed by atoms with Gasteiger partial charge in [0.2, 0.25) is 11.2 Å². The van der Waals surface area contributed by atoms with Crippen molar-refractivity contribution >= 4 is 22.6 Å². The predicted octanol–water partition coefficient (Wildman–Crippen LogP) is 8.54. The first-order chi connectivity index (χ1) is 20.6. The Morgan fingerprint density at radius 1 is 0.837 bits per heavy atom. The zero-order chi connectivity index (χ0) is 30.6. The fourth-order valence-corrected chi connectivity index (χ4v) is 4.26. The van der Waals surface area contributed by atoms with Crippen LogP contribution in [0.3, 0.4) is 0 Å². The maximum atomic E-state index is 14.0. The van der Waals surface area contributed by atoms with E-state index in [1.54, 1.807) is 42.5 Å². The van der Waals surface area contributed by atoms with Crippen LogP contribution < -0.4 is 25.0 Å². The van der Waals surface area contributed by atoms with Crippen LogP contribution >= 0.6 is 0 Å². The molecule has 1 amide bonds. The lowest BCUT2D eigenvalue weighted by Crippen LogP contribution is -2.20. The zero-order valence-corrected chi connectivity index (χ0v) is 23.1. The summed E-state index contributed by atoms with van der Waals surface area (Å²) in [6.45, 7) is 3.27. The number of amides is 1. The normalized spacial score (nSPS) is 11.4. The van der Waals surface area contributed by atoms with Gasteiger partial charge in [-0.25, -0.2) is 0 Å². The maximum Gasteiger partial charge on any atom is 0.453 e. The molecular formula is C33H26F3NO6. The predicted molar refractivity (Wildman–Crippen MR) is 155 cm³/mol. The Morgan fingerprint density at radius 3 is 2.19 bits per heavy atom. The molecule has 1 aromatic heterocycles. The number of alkyl halides is 3. The molecule has 0 saturated heterocycles. The molecule has 1 heterocycles. The lowest BCUT2D eigenvalue weighted by atomic mass is 10.0. The molecule has 0 aliphatic carbocycles. The van der Waals surface area contributed by atoms with E-state index in [4.69, 9.17) is 18.6 Å². The van der Waals surface area contributed by atoms with Crippen molar-refractivity contribution in [2.45, 2.75) is 25.9 Å². The highest BCUT2D eigenvalue weighted by molar-refractivity contribution is 5.92. The fraction of sp³-hybridized carbons (Fsp3) is 0.152. The summed E-state index contributed by atoms with van der Waals surface area (Å²) >= 11 is 0. The lowest BCUT2D eigenvalue weighted by molar-refractivity contribution is -0.154. The second-order valence-electron chi connectivity index (χ2n) is 9.82. The lowest BCUT2D eigenvalue weighted by Gasteiger charge is -2.16. The van der Waals surface area contributed by atoms with Crippen LogP contribution in [0.25, 0.3) is 11.0 Å². The van der Waals surface area contributed by atoms with E-state index in [0.717, 1.165) is 6.07 Å². The number of halogens is 3. The molecule has 43 heavy (non-hydrogen) atoms. The number of carbonyl (C=O) groups excluding carboxylic acids is 1. The topological polar surface area (TPSA) is 87.0 Å². The molecule has 0 aliphatic rings. The van der Waals surface area contributed by atoms with Crippen molar-refractivity contribution in [3.8, 4) is 28.7 Å². The van der Waals surface area contributed by atoms with Gasteiger partial charge in [0.1, 0.15) is 28.6 Å². The molecule has 1 N–H and O–H groups in total. The highest BCUT2D eigenvalue weighted by Gasteiger charge is 2.40. The van der Waals surface area contributed by atoms with Crippen LogP contribution in [0, 0.1) is 0 Å². The SMILES string of the molecule is CC(C)c1ccccc1Oc1c(C(F)(F)F)oc2cc(OCC(=O)Nc3ccc(Oc4ccccc4)cc3)ccc2c1=O. The third-order valence-corrected chi connectivity index (χ3v) is 6.32. The number of hydrogen-bond acceptors (Lipinski definition) is 6. The number of benzene rings is 4. The van der Waals surface area contributed by atoms with Crippen molar-refractivity contribution in [3.05, 3.63) is 119 Å². The summed E-state index contributed by atoms with van der Waals surface area (Å²) < 4.78 is 63.9. The first kappa shape index (κ1) is 29.2. The van der Waals surface area contributed by atoms with Crippen molar-refractivity contribution in [2.75, 3.05) is 11.9 Å². The Hall–Kier alpha value is -5.25. The number of hydrogen-bond donors (Lipinski definition) is 1. The third-order valence-electron chi connectivity index (χ3n) is 6.32. The number of anilines is 1. The minimum atomic E-state index is -5.02. The Labute approximate surface area is 244 Å². The van der Waals surface area contributed by atoms with Crippen LogP contribution in [-0.2, 0) is 11.0 Å². The Morgan fingerprint density at radius 2 is 1.49 bits per heavy atom. The molecule has 0 aliphatic heterocycles. The molecule has 0 bridgehead atoms. The Kier molecular flexibility index (Phi) is 8.38. The molecule has 0 atom stereocenters. The van der Waals surface area contributed by atoms with Crippen LogP contribution in [0.4, 0.5) is 18.9 Å². The van der Waals surface area contributed by atoms with E-state index in [1.807, 2.05) is 44.2 Å². The van der Waals surface area contributed by atoms with Crippen molar-refractivity contribution in [3.63, 3.8) is 0 Å². The number of para-hydroxylation sites is 2. The fourth-order valence-electron chi connectivity index (χ4n) is 4.26. The average Bonchev–Trinajstić information content (AvgIpc) is 2.98. The monoisotopic (exact) mass is 589 g/mol. The molecule has 7 nitrogen and oxygen atoms in total. The van der Waals surface area contributed by atoms with Crippen LogP contribution in [0.1, 0.15) is 31.1 Å². The minimum Gasteiger partial charge on any atom is -0.484 e. The summed E-state index contributed by atoms with van der Waals surface area (Å²) in [5.41, 5.74) is -0.238. The van der Waals surface area contributed by atoms with Gasteiger partial charge in [0.15, 0.2) is 6.61 Å². The quantitative estimate of drug-likeness (QED) is 0.185. The first-order valence-electron chi connectivity index (χ1n) is 13.3. The van der Waals surface area contributed by atoms with Crippen molar-refractivity contribution in [1.29, 1.82) is 0 Å². The van der Waals surface area contributed by atoms with E-state index < -0.39 is 35.6 Å². The smallest absolute Gasteiger partial charge is 0.453 e. The van der Waals surface area contributed by atoms with Gasteiger partial charge in [0.25, 0.3) is 11.7 Å². The van der Waals surface area contributed by atoms with E-state index in [0.29, 0.717) is 22.7 Å².